The fraction of sp³-hybridized carbons (Fsp3) is 0.350. The standard InChI is InChI=1S/C20H20FN5O2/c1-13-11-23-16(12-22-13)19-24-25-20(28-19)17-8-4-5-9-26(17)18(27)10-14-6-2-3-7-15(14)21/h2-3,6-7,11-12,17H,4-5,8-10H2,1H3. The van der Waals surface area contributed by atoms with Crippen molar-refractivity contribution >= 4 is 5.91 Å². The molecular formula is C20H20FN5O2. The van der Waals surface area contributed by atoms with Gasteiger partial charge in [0.2, 0.25) is 11.8 Å². The predicted octanol–water partition coefficient (Wildman–Crippen LogP) is 3.27. The van der Waals surface area contributed by atoms with Crippen LogP contribution in [0.25, 0.3) is 11.6 Å². The molecule has 0 radical (unpaired) electrons. The Labute approximate surface area is 161 Å². The number of amides is 1. The van der Waals surface area contributed by atoms with Crippen molar-refractivity contribution in [1.82, 2.24) is 25.1 Å². The summed E-state index contributed by atoms with van der Waals surface area (Å²) in [6.07, 6.45) is 5.79. The van der Waals surface area contributed by atoms with Crippen molar-refractivity contribution in [2.24, 2.45) is 0 Å². The molecule has 3 aromatic rings. The van der Waals surface area contributed by atoms with Crippen LogP contribution in [-0.4, -0.2) is 37.5 Å². The first-order chi connectivity index (χ1) is 13.6. The van der Waals surface area contributed by atoms with Gasteiger partial charge < -0.3 is 9.32 Å². The molecule has 0 N–H and O–H groups in total. The summed E-state index contributed by atoms with van der Waals surface area (Å²) in [5.74, 6) is 0.126. The van der Waals surface area contributed by atoms with E-state index in [2.05, 4.69) is 20.2 Å². The van der Waals surface area contributed by atoms with Gasteiger partial charge in [0.1, 0.15) is 17.6 Å². The van der Waals surface area contributed by atoms with Crippen LogP contribution in [0, 0.1) is 12.7 Å². The van der Waals surface area contributed by atoms with E-state index in [1.54, 1.807) is 35.5 Å². The number of halogens is 1. The largest absolute Gasteiger partial charge is 0.417 e. The molecule has 0 aliphatic carbocycles. The SMILES string of the molecule is Cc1cnc(-c2nnc(C3CCCCN3C(=O)Cc3ccccc3F)o2)cn1. The van der Waals surface area contributed by atoms with Crippen LogP contribution in [0.3, 0.4) is 0 Å². The van der Waals surface area contributed by atoms with Gasteiger partial charge in [-0.15, -0.1) is 10.2 Å². The van der Waals surface area contributed by atoms with Crippen LogP contribution >= 0.6 is 0 Å². The van der Waals surface area contributed by atoms with Gasteiger partial charge in [0.05, 0.1) is 18.3 Å². The van der Waals surface area contributed by atoms with E-state index in [0.717, 1.165) is 25.0 Å². The van der Waals surface area contributed by atoms with Gasteiger partial charge in [-0.25, -0.2) is 9.37 Å². The van der Waals surface area contributed by atoms with E-state index in [9.17, 15) is 9.18 Å². The maximum Gasteiger partial charge on any atom is 0.267 e. The molecule has 0 saturated carbocycles. The summed E-state index contributed by atoms with van der Waals surface area (Å²) in [7, 11) is 0. The number of aryl methyl sites for hydroxylation is 1. The van der Waals surface area contributed by atoms with Crippen LogP contribution in [0.15, 0.2) is 41.1 Å². The van der Waals surface area contributed by atoms with E-state index >= 15 is 0 Å². The summed E-state index contributed by atoms with van der Waals surface area (Å²) in [6, 6.07) is 6.02. The fourth-order valence-electron chi connectivity index (χ4n) is 3.37. The summed E-state index contributed by atoms with van der Waals surface area (Å²) < 4.78 is 19.7. The zero-order valence-electron chi connectivity index (χ0n) is 15.5. The Balaban J connectivity index is 1.55. The van der Waals surface area contributed by atoms with Crippen molar-refractivity contribution in [3.63, 3.8) is 0 Å². The number of piperidine rings is 1. The lowest BCUT2D eigenvalue weighted by atomic mass is 10.0. The summed E-state index contributed by atoms with van der Waals surface area (Å²) in [5.41, 5.74) is 1.67. The lowest BCUT2D eigenvalue weighted by Gasteiger charge is -2.33. The van der Waals surface area contributed by atoms with Gasteiger partial charge in [-0.05, 0) is 37.8 Å². The van der Waals surface area contributed by atoms with Crippen molar-refractivity contribution in [3.05, 3.63) is 59.6 Å². The number of hydrogen-bond acceptors (Lipinski definition) is 6. The zero-order valence-corrected chi connectivity index (χ0v) is 15.5. The van der Waals surface area contributed by atoms with Gasteiger partial charge in [0, 0.05) is 12.7 Å². The van der Waals surface area contributed by atoms with E-state index in [4.69, 9.17) is 4.42 Å². The smallest absolute Gasteiger partial charge is 0.267 e. The fourth-order valence-corrected chi connectivity index (χ4v) is 3.37. The van der Waals surface area contributed by atoms with Crippen LogP contribution in [0.2, 0.25) is 0 Å². The van der Waals surface area contributed by atoms with Crippen molar-refractivity contribution in [2.75, 3.05) is 6.54 Å². The van der Waals surface area contributed by atoms with E-state index in [1.165, 1.54) is 6.07 Å². The quantitative estimate of drug-likeness (QED) is 0.690. The second-order valence-electron chi connectivity index (χ2n) is 6.86. The van der Waals surface area contributed by atoms with Gasteiger partial charge in [0.25, 0.3) is 5.89 Å². The predicted molar refractivity (Wildman–Crippen MR) is 98.5 cm³/mol. The molecule has 1 aliphatic heterocycles. The lowest BCUT2D eigenvalue weighted by molar-refractivity contribution is -0.135. The molecule has 144 valence electrons. The van der Waals surface area contributed by atoms with E-state index in [1.807, 2.05) is 6.92 Å². The molecule has 1 fully saturated rings. The monoisotopic (exact) mass is 381 g/mol. The maximum atomic E-state index is 13.9. The second-order valence-corrected chi connectivity index (χ2v) is 6.86. The molecule has 0 spiro atoms. The van der Waals surface area contributed by atoms with Gasteiger partial charge in [0.15, 0.2) is 0 Å². The minimum absolute atomic E-state index is 0.00754. The Hall–Kier alpha value is -3.16. The van der Waals surface area contributed by atoms with Crippen molar-refractivity contribution in [2.45, 2.75) is 38.6 Å². The zero-order chi connectivity index (χ0) is 19.5. The first-order valence-electron chi connectivity index (χ1n) is 9.27. The molecule has 7 nitrogen and oxygen atoms in total. The van der Waals surface area contributed by atoms with Crippen LogP contribution < -0.4 is 0 Å². The molecule has 1 amide bonds. The summed E-state index contributed by atoms with van der Waals surface area (Å²) in [6.45, 7) is 2.43. The molecule has 4 rings (SSSR count). The van der Waals surface area contributed by atoms with Crippen molar-refractivity contribution in [1.29, 1.82) is 0 Å². The first kappa shape index (κ1) is 18.2. The van der Waals surface area contributed by atoms with Gasteiger partial charge in [-0.3, -0.25) is 9.78 Å². The molecule has 1 aromatic carbocycles. The lowest BCUT2D eigenvalue weighted by Crippen LogP contribution is -2.39. The minimum atomic E-state index is -0.373. The summed E-state index contributed by atoms with van der Waals surface area (Å²) in [4.78, 5) is 23.0. The highest BCUT2D eigenvalue weighted by Crippen LogP contribution is 2.32. The summed E-state index contributed by atoms with van der Waals surface area (Å²) >= 11 is 0. The molecular weight excluding hydrogens is 361 g/mol. The molecule has 1 saturated heterocycles. The third-order valence-corrected chi connectivity index (χ3v) is 4.85. The molecule has 3 heterocycles. The maximum absolute atomic E-state index is 13.9. The number of aromatic nitrogens is 4. The van der Waals surface area contributed by atoms with Crippen LogP contribution in [0.1, 0.15) is 42.5 Å². The number of rotatable bonds is 4. The van der Waals surface area contributed by atoms with Crippen LogP contribution in [-0.2, 0) is 11.2 Å². The molecule has 0 bridgehead atoms. The number of benzene rings is 1. The van der Waals surface area contributed by atoms with Crippen molar-refractivity contribution in [3.8, 4) is 11.6 Å². The Morgan fingerprint density at radius 3 is 2.86 bits per heavy atom. The van der Waals surface area contributed by atoms with Gasteiger partial charge in [-0.2, -0.15) is 0 Å². The molecule has 1 atom stereocenters. The molecule has 2 aromatic heterocycles. The third kappa shape index (κ3) is 3.76. The highest BCUT2D eigenvalue weighted by molar-refractivity contribution is 5.79. The number of likely N-dealkylation sites (tertiary alicyclic amines) is 1. The van der Waals surface area contributed by atoms with Crippen LogP contribution in [0.4, 0.5) is 4.39 Å². The molecule has 8 heteroatoms. The summed E-state index contributed by atoms with van der Waals surface area (Å²) in [5, 5.41) is 8.21. The Bertz CT molecular complexity index is 973. The topological polar surface area (TPSA) is 85.0 Å². The molecule has 1 unspecified atom stereocenters. The minimum Gasteiger partial charge on any atom is -0.417 e. The van der Waals surface area contributed by atoms with Gasteiger partial charge in [-0.1, -0.05) is 18.2 Å². The highest BCUT2D eigenvalue weighted by atomic mass is 19.1. The van der Waals surface area contributed by atoms with E-state index in [-0.39, 0.29) is 30.1 Å². The Kier molecular flexibility index (Phi) is 5.10. The van der Waals surface area contributed by atoms with Gasteiger partial charge >= 0.3 is 0 Å². The number of carbonyl (C=O) groups excluding carboxylic acids is 1. The van der Waals surface area contributed by atoms with Crippen LogP contribution in [0.5, 0.6) is 0 Å². The van der Waals surface area contributed by atoms with Crippen molar-refractivity contribution < 1.29 is 13.6 Å². The third-order valence-electron chi connectivity index (χ3n) is 4.85. The number of nitrogens with zero attached hydrogens (tertiary/aromatic N) is 5. The molecule has 1 aliphatic rings. The average Bonchev–Trinajstić information content (AvgIpc) is 3.20. The highest BCUT2D eigenvalue weighted by Gasteiger charge is 2.32. The Morgan fingerprint density at radius 2 is 2.07 bits per heavy atom. The average molecular weight is 381 g/mol. The Morgan fingerprint density at radius 1 is 1.21 bits per heavy atom. The van der Waals surface area contributed by atoms with E-state index < -0.39 is 0 Å². The number of hydrogen-bond donors (Lipinski definition) is 0. The normalized spacial score (nSPS) is 16.9. The number of carbonyl (C=O) groups is 1. The molecule has 28 heavy (non-hydrogen) atoms. The first-order valence-corrected chi connectivity index (χ1v) is 9.27. The van der Waals surface area contributed by atoms with E-state index in [0.29, 0.717) is 23.7 Å². The second kappa shape index (κ2) is 7.84.